The van der Waals surface area contributed by atoms with Crippen LogP contribution in [0.2, 0.25) is 0 Å². The fourth-order valence-corrected chi connectivity index (χ4v) is 2.29. The molecule has 1 heterocycles. The van der Waals surface area contributed by atoms with Crippen LogP contribution in [0.3, 0.4) is 0 Å². The predicted octanol–water partition coefficient (Wildman–Crippen LogP) is 0.176. The van der Waals surface area contributed by atoms with Crippen LogP contribution in [0.15, 0.2) is 18.2 Å². The van der Waals surface area contributed by atoms with E-state index in [9.17, 15) is 14.4 Å². The van der Waals surface area contributed by atoms with Crippen LogP contribution in [0.25, 0.3) is 6.08 Å². The van der Waals surface area contributed by atoms with Crippen molar-refractivity contribution in [2.45, 2.75) is 19.4 Å². The molecular formula is C13H17N3O3S. The normalized spacial score (nSPS) is 12.1. The molecule has 108 valence electrons. The van der Waals surface area contributed by atoms with Gasteiger partial charge in [-0.2, -0.15) is 0 Å². The van der Waals surface area contributed by atoms with Gasteiger partial charge < -0.3 is 16.4 Å². The lowest BCUT2D eigenvalue weighted by Crippen LogP contribution is -2.47. The Bertz CT molecular complexity index is 537. The topological polar surface area (TPSA) is 101 Å². The van der Waals surface area contributed by atoms with E-state index in [1.54, 1.807) is 17.4 Å². The zero-order valence-corrected chi connectivity index (χ0v) is 12.1. The lowest BCUT2D eigenvalue weighted by molar-refractivity contribution is -0.129. The van der Waals surface area contributed by atoms with Crippen molar-refractivity contribution in [2.75, 3.05) is 7.05 Å². The first kappa shape index (κ1) is 15.9. The SMILES string of the molecule is CNC(=O)[C@H](CC(N)=O)NC(=O)C=Cc1ccc(C)s1. The summed E-state index contributed by atoms with van der Waals surface area (Å²) in [4.78, 5) is 36.2. The van der Waals surface area contributed by atoms with Crippen molar-refractivity contribution >= 4 is 35.1 Å². The zero-order valence-electron chi connectivity index (χ0n) is 11.3. The standard InChI is InChI=1S/C13H17N3O3S/c1-8-3-4-9(20-8)5-6-12(18)16-10(7-11(14)17)13(19)15-2/h3-6,10H,7H2,1-2H3,(H2,14,17)(H,15,19)(H,16,18)/t10-/m0/s1. The summed E-state index contributed by atoms with van der Waals surface area (Å²) >= 11 is 1.55. The summed E-state index contributed by atoms with van der Waals surface area (Å²) in [7, 11) is 1.42. The number of hydrogen-bond donors (Lipinski definition) is 3. The number of carbonyl (C=O) groups excluding carboxylic acids is 3. The summed E-state index contributed by atoms with van der Waals surface area (Å²) < 4.78 is 0. The Morgan fingerprint density at radius 1 is 1.40 bits per heavy atom. The highest BCUT2D eigenvalue weighted by Gasteiger charge is 2.20. The molecule has 1 atom stereocenters. The number of primary amides is 1. The number of carbonyl (C=O) groups is 3. The fraction of sp³-hybridized carbons (Fsp3) is 0.308. The smallest absolute Gasteiger partial charge is 0.244 e. The van der Waals surface area contributed by atoms with E-state index >= 15 is 0 Å². The Kier molecular flexibility index (Phi) is 5.92. The van der Waals surface area contributed by atoms with Crippen molar-refractivity contribution < 1.29 is 14.4 Å². The molecule has 0 fully saturated rings. The number of nitrogens with two attached hydrogens (primary N) is 1. The molecule has 3 amide bonds. The van der Waals surface area contributed by atoms with Gasteiger partial charge in [0.2, 0.25) is 17.7 Å². The summed E-state index contributed by atoms with van der Waals surface area (Å²) in [5.74, 6) is -1.57. The molecule has 20 heavy (non-hydrogen) atoms. The van der Waals surface area contributed by atoms with Gasteiger partial charge in [-0.1, -0.05) is 0 Å². The number of likely N-dealkylation sites (N-methyl/N-ethyl adjacent to an activating group) is 1. The van der Waals surface area contributed by atoms with Gasteiger partial charge in [-0.15, -0.1) is 11.3 Å². The Morgan fingerprint density at radius 3 is 2.60 bits per heavy atom. The highest BCUT2D eigenvalue weighted by Crippen LogP contribution is 2.16. The van der Waals surface area contributed by atoms with Crippen molar-refractivity contribution in [3.63, 3.8) is 0 Å². The molecule has 0 aromatic carbocycles. The van der Waals surface area contributed by atoms with Gasteiger partial charge in [-0.25, -0.2) is 0 Å². The quantitative estimate of drug-likeness (QED) is 0.652. The molecule has 0 unspecified atom stereocenters. The van der Waals surface area contributed by atoms with E-state index in [-0.39, 0.29) is 6.42 Å². The van der Waals surface area contributed by atoms with Crippen LogP contribution in [0.5, 0.6) is 0 Å². The van der Waals surface area contributed by atoms with Crippen LogP contribution >= 0.6 is 11.3 Å². The fourth-order valence-electron chi connectivity index (χ4n) is 1.51. The third-order valence-electron chi connectivity index (χ3n) is 2.44. The van der Waals surface area contributed by atoms with E-state index in [2.05, 4.69) is 10.6 Å². The predicted molar refractivity (Wildman–Crippen MR) is 77.9 cm³/mol. The molecule has 0 radical (unpaired) electrons. The van der Waals surface area contributed by atoms with Crippen molar-refractivity contribution in [3.8, 4) is 0 Å². The molecule has 4 N–H and O–H groups in total. The molecule has 6 nitrogen and oxygen atoms in total. The highest BCUT2D eigenvalue weighted by molar-refractivity contribution is 7.12. The molecule has 0 aliphatic carbocycles. The Hall–Kier alpha value is -2.15. The first-order chi connectivity index (χ1) is 9.42. The first-order valence-electron chi connectivity index (χ1n) is 5.97. The van der Waals surface area contributed by atoms with E-state index in [1.807, 2.05) is 19.1 Å². The van der Waals surface area contributed by atoms with E-state index < -0.39 is 23.8 Å². The Balaban J connectivity index is 2.63. The first-order valence-corrected chi connectivity index (χ1v) is 6.79. The zero-order chi connectivity index (χ0) is 15.1. The Morgan fingerprint density at radius 2 is 2.10 bits per heavy atom. The Labute approximate surface area is 121 Å². The van der Waals surface area contributed by atoms with Crippen LogP contribution in [0, 0.1) is 6.92 Å². The number of nitrogens with one attached hydrogen (secondary N) is 2. The van der Waals surface area contributed by atoms with Crippen LogP contribution in [-0.2, 0) is 14.4 Å². The number of hydrogen-bond acceptors (Lipinski definition) is 4. The van der Waals surface area contributed by atoms with Crippen molar-refractivity contribution in [2.24, 2.45) is 5.73 Å². The molecule has 0 spiro atoms. The molecule has 0 saturated heterocycles. The van der Waals surface area contributed by atoms with Gasteiger partial charge in [0.05, 0.1) is 6.42 Å². The van der Waals surface area contributed by atoms with Crippen LogP contribution < -0.4 is 16.4 Å². The van der Waals surface area contributed by atoms with Gasteiger partial charge in [0.25, 0.3) is 0 Å². The summed E-state index contributed by atoms with van der Waals surface area (Å²) in [6.07, 6.45) is 2.73. The molecular weight excluding hydrogens is 278 g/mol. The second kappa shape index (κ2) is 7.44. The average molecular weight is 295 g/mol. The van der Waals surface area contributed by atoms with Gasteiger partial charge >= 0.3 is 0 Å². The van der Waals surface area contributed by atoms with Crippen molar-refractivity contribution in [1.29, 1.82) is 0 Å². The molecule has 1 aromatic heterocycles. The summed E-state index contributed by atoms with van der Waals surface area (Å²) in [6.45, 7) is 1.97. The summed E-state index contributed by atoms with van der Waals surface area (Å²) in [6, 6.07) is 2.88. The largest absolute Gasteiger partial charge is 0.370 e. The third-order valence-corrected chi connectivity index (χ3v) is 3.41. The number of rotatable bonds is 6. The second-order valence-corrected chi connectivity index (χ2v) is 5.45. The van der Waals surface area contributed by atoms with E-state index in [1.165, 1.54) is 13.1 Å². The van der Waals surface area contributed by atoms with Crippen molar-refractivity contribution in [1.82, 2.24) is 10.6 Å². The molecule has 0 saturated carbocycles. The van der Waals surface area contributed by atoms with Gasteiger partial charge in [-0.05, 0) is 25.1 Å². The van der Waals surface area contributed by atoms with Crippen LogP contribution in [-0.4, -0.2) is 30.8 Å². The second-order valence-electron chi connectivity index (χ2n) is 4.13. The van der Waals surface area contributed by atoms with Gasteiger partial charge in [-0.3, -0.25) is 14.4 Å². The molecule has 0 bridgehead atoms. The lowest BCUT2D eigenvalue weighted by atomic mass is 10.2. The molecule has 0 aliphatic rings. The minimum atomic E-state index is -0.959. The van der Waals surface area contributed by atoms with E-state index in [0.717, 1.165) is 9.75 Å². The van der Waals surface area contributed by atoms with E-state index in [4.69, 9.17) is 5.73 Å². The monoisotopic (exact) mass is 295 g/mol. The van der Waals surface area contributed by atoms with Crippen molar-refractivity contribution in [3.05, 3.63) is 28.0 Å². The molecule has 0 aliphatic heterocycles. The maximum atomic E-state index is 11.7. The van der Waals surface area contributed by atoms with Crippen LogP contribution in [0.1, 0.15) is 16.2 Å². The minimum absolute atomic E-state index is 0.239. The maximum Gasteiger partial charge on any atom is 0.244 e. The molecule has 7 heteroatoms. The highest BCUT2D eigenvalue weighted by atomic mass is 32.1. The maximum absolute atomic E-state index is 11.7. The van der Waals surface area contributed by atoms with Crippen LogP contribution in [0.4, 0.5) is 0 Å². The number of amides is 3. The van der Waals surface area contributed by atoms with E-state index in [0.29, 0.717) is 0 Å². The number of aryl methyl sites for hydroxylation is 1. The van der Waals surface area contributed by atoms with Gasteiger partial charge in [0, 0.05) is 22.9 Å². The van der Waals surface area contributed by atoms with Gasteiger partial charge in [0.1, 0.15) is 6.04 Å². The lowest BCUT2D eigenvalue weighted by Gasteiger charge is -2.14. The number of thiophene rings is 1. The molecule has 1 aromatic rings. The average Bonchev–Trinajstić information content (AvgIpc) is 2.80. The summed E-state index contributed by atoms with van der Waals surface area (Å²) in [5, 5.41) is 4.81. The molecule has 1 rings (SSSR count). The van der Waals surface area contributed by atoms with Gasteiger partial charge in [0.15, 0.2) is 0 Å². The summed E-state index contributed by atoms with van der Waals surface area (Å²) in [5.41, 5.74) is 5.04. The minimum Gasteiger partial charge on any atom is -0.370 e. The third kappa shape index (κ3) is 5.23.